The highest BCUT2D eigenvalue weighted by molar-refractivity contribution is 6.30. The second kappa shape index (κ2) is 6.26. The number of ether oxygens (including phenoxy) is 1. The molecule has 6 heteroatoms. The second-order valence-corrected chi connectivity index (χ2v) is 4.20. The van der Waals surface area contributed by atoms with Crippen LogP contribution in [0.25, 0.3) is 0 Å². The molecule has 0 bridgehead atoms. The molecule has 1 atom stereocenters. The van der Waals surface area contributed by atoms with Crippen LogP contribution in [-0.2, 0) is 16.0 Å². The lowest BCUT2D eigenvalue weighted by molar-refractivity contribution is -0.141. The fraction of sp³-hybridized carbons (Fsp3) is 0.333. The lowest BCUT2D eigenvalue weighted by atomic mass is 10.1. The Hall–Kier alpha value is -1.75. The molecule has 18 heavy (non-hydrogen) atoms. The molecule has 0 aliphatic rings. The van der Waals surface area contributed by atoms with Crippen LogP contribution in [-0.4, -0.2) is 30.1 Å². The highest BCUT2D eigenvalue weighted by Crippen LogP contribution is 2.22. The standard InChI is InChI=1S/C12H14ClNO4/c1-7(12(16)17)14-11(15)6-8-5-9(13)3-4-10(8)18-2/h3-5,7H,6H2,1-2H3,(H,14,15)(H,16,17)/t7-/m0/s1. The van der Waals surface area contributed by atoms with Crippen LogP contribution < -0.4 is 10.1 Å². The van der Waals surface area contributed by atoms with Crippen molar-refractivity contribution < 1.29 is 19.4 Å². The highest BCUT2D eigenvalue weighted by Gasteiger charge is 2.15. The number of amides is 1. The molecule has 0 aliphatic heterocycles. The van der Waals surface area contributed by atoms with Gasteiger partial charge in [-0.3, -0.25) is 9.59 Å². The number of carboxylic acid groups (broad SMARTS) is 1. The molecular weight excluding hydrogens is 258 g/mol. The summed E-state index contributed by atoms with van der Waals surface area (Å²) in [5, 5.41) is 11.5. The van der Waals surface area contributed by atoms with Gasteiger partial charge in [-0.25, -0.2) is 0 Å². The third kappa shape index (κ3) is 3.92. The van der Waals surface area contributed by atoms with Gasteiger partial charge in [-0.15, -0.1) is 0 Å². The zero-order valence-corrected chi connectivity index (χ0v) is 10.8. The fourth-order valence-corrected chi connectivity index (χ4v) is 1.61. The molecule has 1 aromatic carbocycles. The Morgan fingerprint density at radius 3 is 2.72 bits per heavy atom. The van der Waals surface area contributed by atoms with E-state index in [2.05, 4.69) is 5.32 Å². The van der Waals surface area contributed by atoms with Gasteiger partial charge in [0.2, 0.25) is 5.91 Å². The van der Waals surface area contributed by atoms with Crippen LogP contribution in [0.3, 0.4) is 0 Å². The predicted molar refractivity (Wildman–Crippen MR) is 66.9 cm³/mol. The van der Waals surface area contributed by atoms with Gasteiger partial charge in [0, 0.05) is 10.6 Å². The van der Waals surface area contributed by atoms with Crippen molar-refractivity contribution in [3.05, 3.63) is 28.8 Å². The molecule has 0 unspecified atom stereocenters. The van der Waals surface area contributed by atoms with Gasteiger partial charge in [0.25, 0.3) is 0 Å². The molecule has 2 N–H and O–H groups in total. The summed E-state index contributed by atoms with van der Waals surface area (Å²) in [5.41, 5.74) is 0.611. The number of hydrogen-bond donors (Lipinski definition) is 2. The summed E-state index contributed by atoms with van der Waals surface area (Å²) in [5.74, 6) is -0.940. The van der Waals surface area contributed by atoms with Crippen molar-refractivity contribution in [2.75, 3.05) is 7.11 Å². The third-order valence-electron chi connectivity index (χ3n) is 2.34. The number of halogens is 1. The Labute approximate surface area is 110 Å². The molecule has 0 saturated heterocycles. The van der Waals surface area contributed by atoms with E-state index in [-0.39, 0.29) is 6.42 Å². The molecule has 5 nitrogen and oxygen atoms in total. The average molecular weight is 272 g/mol. The summed E-state index contributed by atoms with van der Waals surface area (Å²) < 4.78 is 5.10. The molecule has 98 valence electrons. The van der Waals surface area contributed by atoms with Crippen molar-refractivity contribution in [2.45, 2.75) is 19.4 Å². The first-order valence-electron chi connectivity index (χ1n) is 5.28. The van der Waals surface area contributed by atoms with Gasteiger partial charge >= 0.3 is 5.97 Å². The lowest BCUT2D eigenvalue weighted by Gasteiger charge is -2.11. The number of hydrogen-bond acceptors (Lipinski definition) is 3. The summed E-state index contributed by atoms with van der Waals surface area (Å²) in [6.07, 6.45) is 0.0152. The van der Waals surface area contributed by atoms with Gasteiger partial charge in [-0.2, -0.15) is 0 Å². The minimum Gasteiger partial charge on any atom is -0.496 e. The van der Waals surface area contributed by atoms with E-state index >= 15 is 0 Å². The van der Waals surface area contributed by atoms with Crippen molar-refractivity contribution in [1.82, 2.24) is 5.32 Å². The molecule has 1 rings (SSSR count). The lowest BCUT2D eigenvalue weighted by Crippen LogP contribution is -2.39. The van der Waals surface area contributed by atoms with Crippen LogP contribution in [0.4, 0.5) is 0 Å². The minimum absolute atomic E-state index is 0.0152. The number of rotatable bonds is 5. The Morgan fingerprint density at radius 2 is 2.17 bits per heavy atom. The van der Waals surface area contributed by atoms with Crippen molar-refractivity contribution in [3.63, 3.8) is 0 Å². The summed E-state index contributed by atoms with van der Waals surface area (Å²) >= 11 is 5.83. The molecule has 0 fully saturated rings. The quantitative estimate of drug-likeness (QED) is 0.851. The smallest absolute Gasteiger partial charge is 0.325 e. The third-order valence-corrected chi connectivity index (χ3v) is 2.58. The number of aliphatic carboxylic acids is 1. The van der Waals surface area contributed by atoms with Gasteiger partial charge in [0.1, 0.15) is 11.8 Å². The van der Waals surface area contributed by atoms with Crippen LogP contribution in [0.1, 0.15) is 12.5 Å². The molecule has 1 aromatic rings. The van der Waals surface area contributed by atoms with Crippen molar-refractivity contribution in [1.29, 1.82) is 0 Å². The van der Waals surface area contributed by atoms with Gasteiger partial charge in [0.05, 0.1) is 13.5 Å². The van der Waals surface area contributed by atoms with Crippen LogP contribution in [0, 0.1) is 0 Å². The fourth-order valence-electron chi connectivity index (χ4n) is 1.41. The van der Waals surface area contributed by atoms with Crippen molar-refractivity contribution >= 4 is 23.5 Å². The number of methoxy groups -OCH3 is 1. The van der Waals surface area contributed by atoms with Crippen LogP contribution in [0.2, 0.25) is 5.02 Å². The van der Waals surface area contributed by atoms with Gasteiger partial charge in [-0.05, 0) is 25.1 Å². The van der Waals surface area contributed by atoms with E-state index in [0.717, 1.165) is 0 Å². The number of carboxylic acids is 1. The van der Waals surface area contributed by atoms with E-state index in [0.29, 0.717) is 16.3 Å². The molecule has 0 aliphatic carbocycles. The zero-order chi connectivity index (χ0) is 13.7. The normalized spacial score (nSPS) is 11.7. The number of benzene rings is 1. The Balaban J connectivity index is 2.75. The van der Waals surface area contributed by atoms with E-state index in [1.165, 1.54) is 14.0 Å². The molecular formula is C12H14ClNO4. The Morgan fingerprint density at radius 1 is 1.50 bits per heavy atom. The van der Waals surface area contributed by atoms with Gasteiger partial charge < -0.3 is 15.2 Å². The largest absolute Gasteiger partial charge is 0.496 e. The van der Waals surface area contributed by atoms with Crippen molar-refractivity contribution in [3.8, 4) is 5.75 Å². The first-order valence-corrected chi connectivity index (χ1v) is 5.66. The maximum Gasteiger partial charge on any atom is 0.325 e. The maximum absolute atomic E-state index is 11.6. The number of nitrogens with one attached hydrogen (secondary N) is 1. The van der Waals surface area contributed by atoms with E-state index in [1.807, 2.05) is 0 Å². The molecule has 0 heterocycles. The summed E-state index contributed by atoms with van der Waals surface area (Å²) in [6.45, 7) is 1.40. The molecule has 0 saturated carbocycles. The monoisotopic (exact) mass is 271 g/mol. The Kier molecular flexibility index (Phi) is 4.97. The molecule has 0 radical (unpaired) electrons. The average Bonchev–Trinajstić information content (AvgIpc) is 2.28. The van der Waals surface area contributed by atoms with E-state index in [1.54, 1.807) is 18.2 Å². The Bertz CT molecular complexity index is 461. The van der Waals surface area contributed by atoms with Crippen LogP contribution >= 0.6 is 11.6 Å². The number of carbonyl (C=O) groups is 2. The summed E-state index contributed by atoms with van der Waals surface area (Å²) in [6, 6.07) is 4.00. The second-order valence-electron chi connectivity index (χ2n) is 3.76. The molecule has 1 amide bonds. The van der Waals surface area contributed by atoms with E-state index in [9.17, 15) is 9.59 Å². The summed E-state index contributed by atoms with van der Waals surface area (Å²) in [7, 11) is 1.49. The predicted octanol–water partition coefficient (Wildman–Crippen LogP) is 1.48. The van der Waals surface area contributed by atoms with Gasteiger partial charge in [-0.1, -0.05) is 11.6 Å². The first kappa shape index (κ1) is 14.3. The minimum atomic E-state index is -1.08. The van der Waals surface area contributed by atoms with Crippen LogP contribution in [0.15, 0.2) is 18.2 Å². The van der Waals surface area contributed by atoms with Gasteiger partial charge in [0.15, 0.2) is 0 Å². The first-order chi connectivity index (χ1) is 8.43. The molecule has 0 aromatic heterocycles. The maximum atomic E-state index is 11.6. The zero-order valence-electron chi connectivity index (χ0n) is 10.1. The number of carbonyl (C=O) groups excluding carboxylic acids is 1. The van der Waals surface area contributed by atoms with Crippen LogP contribution in [0.5, 0.6) is 5.75 Å². The van der Waals surface area contributed by atoms with E-state index in [4.69, 9.17) is 21.4 Å². The molecule has 0 spiro atoms. The topological polar surface area (TPSA) is 75.6 Å². The van der Waals surface area contributed by atoms with E-state index < -0.39 is 17.9 Å². The van der Waals surface area contributed by atoms with Crippen molar-refractivity contribution in [2.24, 2.45) is 0 Å². The highest BCUT2D eigenvalue weighted by atomic mass is 35.5. The SMILES string of the molecule is COc1ccc(Cl)cc1CC(=O)N[C@@H](C)C(=O)O. The summed E-state index contributed by atoms with van der Waals surface area (Å²) in [4.78, 5) is 22.2.